The van der Waals surface area contributed by atoms with Gasteiger partial charge < -0.3 is 108 Å². The zero-order valence-corrected chi connectivity index (χ0v) is 68.6. The van der Waals surface area contributed by atoms with Crippen molar-refractivity contribution in [1.29, 1.82) is 0 Å². The van der Waals surface area contributed by atoms with Crippen LogP contribution in [0.3, 0.4) is 0 Å². The van der Waals surface area contributed by atoms with Crippen LogP contribution in [0.5, 0.6) is 0 Å². The summed E-state index contributed by atoms with van der Waals surface area (Å²) in [4.78, 5) is 133. The minimum absolute atomic E-state index is 0.164. The molecule has 0 aromatic heterocycles. The highest BCUT2D eigenvalue weighted by Gasteiger charge is 2.42. The summed E-state index contributed by atoms with van der Waals surface area (Å²) in [6.45, 7) is 8.71. The second-order valence-electron chi connectivity index (χ2n) is 20.1. The predicted octanol–water partition coefficient (Wildman–Crippen LogP) is 2.87. The Morgan fingerprint density at radius 3 is 0.538 bits per heavy atom. The number of carbonyl (C=O) groups excluding carboxylic acids is 9. The van der Waals surface area contributed by atoms with E-state index in [1.165, 1.54) is 41.5 Å². The average Bonchev–Trinajstić information content (AvgIpc) is 0.793. The lowest BCUT2D eigenvalue weighted by molar-refractivity contribution is -0.178. The molecule has 0 unspecified atom stereocenters. The Balaban J connectivity index is 2.85. The molecule has 0 atom stereocenters. The number of rotatable bonds is 27. The molecule has 91 heavy (non-hydrogen) atoms. The molecule has 0 heterocycles. The highest BCUT2D eigenvalue weighted by atomic mass is 127. The van der Waals surface area contributed by atoms with E-state index in [1.807, 2.05) is 31.9 Å². The van der Waals surface area contributed by atoms with Crippen molar-refractivity contribution in [2.45, 2.75) is 136 Å². The van der Waals surface area contributed by atoms with E-state index in [9.17, 15) is 104 Å². The lowest BCUT2D eigenvalue weighted by Gasteiger charge is -2.37. The number of hydrogen-bond donors (Lipinski definition) is 18. The Morgan fingerprint density at radius 2 is 0.429 bits per heavy atom. The number of aliphatic hydroxyl groups is 12. The van der Waals surface area contributed by atoms with Gasteiger partial charge in [0.25, 0.3) is 35.4 Å². The van der Waals surface area contributed by atoms with Gasteiger partial charge >= 0.3 is 0 Å². The third-order valence-corrected chi connectivity index (χ3v) is 22.9. The Labute approximate surface area is 643 Å². The van der Waals surface area contributed by atoms with Crippen molar-refractivity contribution in [2.24, 2.45) is 5.92 Å². The van der Waals surface area contributed by atoms with Crippen LogP contribution in [-0.4, -0.2) is 170 Å². The van der Waals surface area contributed by atoms with E-state index in [-0.39, 0.29) is 49.2 Å². The van der Waals surface area contributed by atoms with Gasteiger partial charge in [-0.25, -0.2) is 0 Å². The monoisotopic (exact) mass is 2290 g/mol. The number of nitrogens with zero attached hydrogens (tertiary/aromatic N) is 3. The van der Waals surface area contributed by atoms with Crippen LogP contribution in [0, 0.1) is 38.0 Å². The zero-order chi connectivity index (χ0) is 70.5. The maximum Gasteiger partial charge on any atom is 0.257 e. The SMILES string of the molecule is CCC(O)(O)NC(=O)c1c(I)c(C(=O)NC(O)(O)CC)c(I)c(N(CC(CN(C(C)=O)c2c(I)c(C(=O)NC(O)(O)CC)c(I)c(C(=O)NC(O)(O)CC)c2I)CN(C(C)=O)c2c(I)c(C(=O)NC(O)(O)CC)c(I)c(C(=O)NC(O)(O)CC)c2I)C(C)=O)c1I. The van der Waals surface area contributed by atoms with Crippen molar-refractivity contribution in [3.8, 4) is 0 Å². The lowest BCUT2D eigenvalue weighted by Crippen LogP contribution is -2.50. The van der Waals surface area contributed by atoms with E-state index in [4.69, 9.17) is 0 Å². The summed E-state index contributed by atoms with van der Waals surface area (Å²) in [5.74, 6) is -28.8. The summed E-state index contributed by atoms with van der Waals surface area (Å²) in [6.07, 6.45) is -2.87. The normalized spacial score (nSPS) is 12.3. The standard InChI is InChI=1S/C52H64I9N9O21/c1-10-47(80,81)62-41(74)23-29(53)24(42(75)63-48(82,83)11-2)33(57)38(32(23)56)68(19(7)71)16-22(17-69(20(8)72)39-34(58)25(43(76)64-49(84,85)12-3)30(54)26(35(39)59)44(77)65-50(86,87)13-4)18-70(21(9)73)40-36(60)27(45(78)66-51(88,89)14-5)31(55)28(37(40)61)46(79)67-52(90,91)15-6/h22,80-91H,10-18H2,1-9H3,(H,62,74)(H,63,75)(H,64,76)(H,65,77)(H,66,78)(H,67,79). The highest BCUT2D eigenvalue weighted by molar-refractivity contribution is 14.1. The maximum atomic E-state index is 14.7. The van der Waals surface area contributed by atoms with Gasteiger partial charge in [-0.05, 0) is 203 Å². The molecular weight excluding hydrogens is 2230 g/mol. The summed E-state index contributed by atoms with van der Waals surface area (Å²) in [6, 6.07) is 0. The molecule has 3 aromatic rings. The van der Waals surface area contributed by atoms with Gasteiger partial charge in [-0.1, -0.05) is 41.5 Å². The third kappa shape index (κ3) is 21.0. The van der Waals surface area contributed by atoms with E-state index >= 15 is 0 Å². The fourth-order valence-electron chi connectivity index (χ4n) is 7.94. The molecule has 506 valence electrons. The topological polar surface area (TPSA) is 478 Å². The molecule has 0 spiro atoms. The van der Waals surface area contributed by atoms with Crippen molar-refractivity contribution in [3.63, 3.8) is 0 Å². The molecule has 0 aliphatic rings. The summed E-state index contributed by atoms with van der Waals surface area (Å²) in [5, 5.41) is 141. The molecule has 39 heteroatoms. The van der Waals surface area contributed by atoms with Crippen LogP contribution in [0.25, 0.3) is 0 Å². The van der Waals surface area contributed by atoms with Crippen molar-refractivity contribution in [1.82, 2.24) is 31.9 Å². The lowest BCUT2D eigenvalue weighted by atomic mass is 10.0. The second-order valence-corrected chi connectivity index (χ2v) is 29.8. The predicted molar refractivity (Wildman–Crippen MR) is 401 cm³/mol. The van der Waals surface area contributed by atoms with E-state index < -0.39 is 186 Å². The molecule has 0 bridgehead atoms. The molecule has 0 fully saturated rings. The van der Waals surface area contributed by atoms with Crippen LogP contribution in [0.4, 0.5) is 17.1 Å². The Kier molecular flexibility index (Phi) is 31.2. The fraction of sp³-hybridized carbons (Fsp3) is 0.481. The van der Waals surface area contributed by atoms with E-state index in [1.54, 1.807) is 203 Å². The first-order valence-corrected chi connectivity index (χ1v) is 36.3. The summed E-state index contributed by atoms with van der Waals surface area (Å²) in [5.41, 5.74) is -3.68. The van der Waals surface area contributed by atoms with E-state index in [0.717, 1.165) is 35.5 Å². The summed E-state index contributed by atoms with van der Waals surface area (Å²) >= 11 is 14.7. The molecule has 0 aliphatic carbocycles. The number of halogens is 9. The first-order chi connectivity index (χ1) is 41.5. The third-order valence-electron chi connectivity index (χ3n) is 13.4. The molecule has 3 rings (SSSR count). The summed E-state index contributed by atoms with van der Waals surface area (Å²) in [7, 11) is 0. The van der Waals surface area contributed by atoms with Crippen molar-refractivity contribution < 1.29 is 104 Å². The number of amides is 9. The van der Waals surface area contributed by atoms with Gasteiger partial charge in [0.15, 0.2) is 0 Å². The molecule has 3 aromatic carbocycles. The molecule has 0 radical (unpaired) electrons. The quantitative estimate of drug-likeness (QED) is 0.0385. The Hall–Kier alpha value is -1.02. The summed E-state index contributed by atoms with van der Waals surface area (Å²) < 4.78 is -1.63. The van der Waals surface area contributed by atoms with Gasteiger partial charge in [0, 0.05) is 95.6 Å². The van der Waals surface area contributed by atoms with Crippen LogP contribution >= 0.6 is 203 Å². The van der Waals surface area contributed by atoms with E-state index in [0.29, 0.717) is 0 Å². The van der Waals surface area contributed by atoms with Crippen LogP contribution in [0.2, 0.25) is 0 Å². The zero-order valence-electron chi connectivity index (χ0n) is 49.2. The molecular formula is C52H64I9N9O21. The van der Waals surface area contributed by atoms with E-state index in [2.05, 4.69) is 0 Å². The van der Waals surface area contributed by atoms with Crippen molar-refractivity contribution in [2.75, 3.05) is 34.3 Å². The Bertz CT molecular complexity index is 2890. The van der Waals surface area contributed by atoms with Crippen LogP contribution in [0.15, 0.2) is 0 Å². The molecule has 18 N–H and O–H groups in total. The molecule has 0 aliphatic heterocycles. The minimum atomic E-state index is -2.87. The average molecular weight is 2290 g/mol. The van der Waals surface area contributed by atoms with Gasteiger partial charge in [-0.2, -0.15) is 0 Å². The van der Waals surface area contributed by atoms with Gasteiger partial charge in [0.1, 0.15) is 0 Å². The van der Waals surface area contributed by atoms with Gasteiger partial charge in [0.2, 0.25) is 53.2 Å². The molecule has 30 nitrogen and oxygen atoms in total. The van der Waals surface area contributed by atoms with Crippen molar-refractivity contribution >= 4 is 274 Å². The second kappa shape index (κ2) is 33.7. The highest BCUT2D eigenvalue weighted by Crippen LogP contribution is 2.43. The Morgan fingerprint density at radius 1 is 0.297 bits per heavy atom. The van der Waals surface area contributed by atoms with Gasteiger partial charge in [0.05, 0.1) is 71.9 Å². The number of carbonyl (C=O) groups is 9. The van der Waals surface area contributed by atoms with Gasteiger partial charge in [-0.15, -0.1) is 0 Å². The fourth-order valence-corrected chi connectivity index (χ4v) is 22.1. The number of benzene rings is 3. The van der Waals surface area contributed by atoms with Crippen molar-refractivity contribution in [3.05, 3.63) is 65.5 Å². The molecule has 9 amide bonds. The van der Waals surface area contributed by atoms with Crippen LogP contribution in [0.1, 0.15) is 163 Å². The first-order valence-electron chi connectivity index (χ1n) is 26.6. The largest absolute Gasteiger partial charge is 0.349 e. The number of nitrogens with one attached hydrogen (secondary N) is 6. The maximum absolute atomic E-state index is 14.7. The van der Waals surface area contributed by atoms with Crippen LogP contribution < -0.4 is 46.6 Å². The smallest absolute Gasteiger partial charge is 0.257 e. The van der Waals surface area contributed by atoms with Crippen LogP contribution in [-0.2, 0) is 14.4 Å². The number of anilines is 3. The number of hydrogen-bond acceptors (Lipinski definition) is 21. The minimum Gasteiger partial charge on any atom is -0.349 e. The molecule has 0 saturated carbocycles. The first kappa shape index (κ1) is 84.2. The van der Waals surface area contributed by atoms with Gasteiger partial charge in [-0.3, -0.25) is 43.2 Å². The molecule has 0 saturated heterocycles.